The van der Waals surface area contributed by atoms with Crippen molar-refractivity contribution in [3.05, 3.63) is 29.8 Å². The fourth-order valence-electron chi connectivity index (χ4n) is 2.26. The summed E-state index contributed by atoms with van der Waals surface area (Å²) in [5, 5.41) is 9.00. The highest BCUT2D eigenvalue weighted by Gasteiger charge is 2.12. The first-order valence-electron chi connectivity index (χ1n) is 8.57. The molecule has 6 nitrogen and oxygen atoms in total. The summed E-state index contributed by atoms with van der Waals surface area (Å²) in [7, 11) is 0. The average molecular weight is 337 g/mol. The maximum atomic E-state index is 11.5. The molecule has 0 atom stereocenters. The van der Waals surface area contributed by atoms with E-state index in [2.05, 4.69) is 12.4 Å². The molecular weight excluding hydrogens is 310 g/mol. The number of hydrogen-bond acceptors (Lipinski definition) is 4. The molecule has 0 radical (unpaired) electrons. The van der Waals surface area contributed by atoms with Crippen molar-refractivity contribution in [3.8, 4) is 5.75 Å². The molecule has 1 amide bonds. The Labute approximate surface area is 143 Å². The van der Waals surface area contributed by atoms with Gasteiger partial charge in [0.1, 0.15) is 5.56 Å². The minimum atomic E-state index is -1.13. The zero-order valence-electron chi connectivity index (χ0n) is 14.3. The number of para-hydroxylation sites is 1. The third-order valence-corrected chi connectivity index (χ3v) is 3.59. The lowest BCUT2D eigenvalue weighted by Gasteiger charge is -2.09. The minimum absolute atomic E-state index is 0.0270. The Hall–Kier alpha value is -2.24. The molecule has 0 heterocycles. The summed E-state index contributed by atoms with van der Waals surface area (Å²) in [6, 6.07) is 6.06. The van der Waals surface area contributed by atoms with Gasteiger partial charge in [-0.15, -0.1) is 0 Å². The average Bonchev–Trinajstić information content (AvgIpc) is 2.58. The Morgan fingerprint density at radius 3 is 2.29 bits per heavy atom. The fraction of sp³-hybridized carbons (Fsp3) is 0.556. The molecule has 0 aliphatic heterocycles. The van der Waals surface area contributed by atoms with Crippen molar-refractivity contribution in [1.82, 2.24) is 5.48 Å². The third-order valence-electron chi connectivity index (χ3n) is 3.59. The number of benzene rings is 1. The third kappa shape index (κ3) is 8.41. The predicted molar refractivity (Wildman–Crippen MR) is 91.1 cm³/mol. The molecule has 0 aromatic heterocycles. The van der Waals surface area contributed by atoms with Crippen LogP contribution in [0.2, 0.25) is 0 Å². The number of carbonyl (C=O) groups excluding carboxylic acids is 1. The maximum Gasteiger partial charge on any atom is 0.440 e. The van der Waals surface area contributed by atoms with E-state index in [1.165, 1.54) is 44.2 Å². The van der Waals surface area contributed by atoms with Crippen molar-refractivity contribution in [2.45, 2.75) is 58.3 Å². The summed E-state index contributed by atoms with van der Waals surface area (Å²) in [5.74, 6) is -1.06. The van der Waals surface area contributed by atoms with Crippen LogP contribution in [0.25, 0.3) is 0 Å². The quantitative estimate of drug-likeness (QED) is 0.432. The van der Waals surface area contributed by atoms with E-state index >= 15 is 0 Å². The topological polar surface area (TPSA) is 84.9 Å². The van der Waals surface area contributed by atoms with Gasteiger partial charge in [-0.2, -0.15) is 5.48 Å². The van der Waals surface area contributed by atoms with E-state index in [1.807, 2.05) is 0 Å². The normalized spacial score (nSPS) is 10.2. The van der Waals surface area contributed by atoms with Crippen LogP contribution in [-0.2, 0) is 4.74 Å². The Morgan fingerprint density at radius 1 is 1.00 bits per heavy atom. The number of hydrogen-bond donors (Lipinski definition) is 2. The lowest BCUT2D eigenvalue weighted by molar-refractivity contribution is 0.0679. The summed E-state index contributed by atoms with van der Waals surface area (Å²) in [6.45, 7) is 2.52. The van der Waals surface area contributed by atoms with Crippen LogP contribution in [-0.4, -0.2) is 23.8 Å². The van der Waals surface area contributed by atoms with Gasteiger partial charge in [0.2, 0.25) is 0 Å². The molecule has 0 aliphatic carbocycles. The first kappa shape index (κ1) is 19.8. The van der Waals surface area contributed by atoms with Crippen LogP contribution in [0.1, 0.15) is 68.6 Å². The van der Waals surface area contributed by atoms with Crippen LogP contribution in [0.5, 0.6) is 5.75 Å². The van der Waals surface area contributed by atoms with E-state index in [4.69, 9.17) is 14.7 Å². The van der Waals surface area contributed by atoms with E-state index in [0.717, 1.165) is 19.3 Å². The van der Waals surface area contributed by atoms with E-state index in [9.17, 15) is 9.59 Å². The molecule has 0 spiro atoms. The highest BCUT2D eigenvalue weighted by atomic mass is 16.7. The number of rotatable bonds is 12. The lowest BCUT2D eigenvalue weighted by Crippen LogP contribution is -2.28. The zero-order chi connectivity index (χ0) is 17.6. The van der Waals surface area contributed by atoms with Gasteiger partial charge in [-0.3, -0.25) is 0 Å². The van der Waals surface area contributed by atoms with Crippen LogP contribution in [0.15, 0.2) is 24.3 Å². The molecule has 0 saturated carbocycles. The molecule has 6 heteroatoms. The van der Waals surface area contributed by atoms with Gasteiger partial charge in [-0.1, -0.05) is 64.0 Å². The first-order chi connectivity index (χ1) is 11.6. The fourth-order valence-corrected chi connectivity index (χ4v) is 2.26. The monoisotopic (exact) mass is 337 g/mol. The Balaban J connectivity index is 2.10. The van der Waals surface area contributed by atoms with Gasteiger partial charge in [-0.05, 0) is 18.6 Å². The van der Waals surface area contributed by atoms with Gasteiger partial charge in [-0.25, -0.2) is 9.59 Å². The van der Waals surface area contributed by atoms with E-state index < -0.39 is 12.1 Å². The van der Waals surface area contributed by atoms with Gasteiger partial charge in [0.15, 0.2) is 5.75 Å². The largest absolute Gasteiger partial charge is 0.478 e. The number of aromatic carboxylic acids is 1. The summed E-state index contributed by atoms with van der Waals surface area (Å²) in [5.41, 5.74) is 2.07. The molecule has 0 aliphatic rings. The minimum Gasteiger partial charge on any atom is -0.478 e. The highest BCUT2D eigenvalue weighted by Crippen LogP contribution is 2.16. The van der Waals surface area contributed by atoms with Gasteiger partial charge in [0.25, 0.3) is 0 Å². The summed E-state index contributed by atoms with van der Waals surface area (Å²) < 4.78 is 4.99. The molecule has 2 N–H and O–H groups in total. The Bertz CT molecular complexity index is 504. The molecule has 1 aromatic carbocycles. The van der Waals surface area contributed by atoms with Crippen molar-refractivity contribution < 1.29 is 24.3 Å². The number of carbonyl (C=O) groups is 2. The van der Waals surface area contributed by atoms with Gasteiger partial charge >= 0.3 is 12.1 Å². The molecular formula is C18H27NO5. The maximum absolute atomic E-state index is 11.5. The van der Waals surface area contributed by atoms with Crippen LogP contribution in [0.3, 0.4) is 0 Å². The number of amides is 1. The first-order valence-corrected chi connectivity index (χ1v) is 8.57. The molecule has 24 heavy (non-hydrogen) atoms. The molecule has 0 fully saturated rings. The molecule has 134 valence electrons. The van der Waals surface area contributed by atoms with Crippen molar-refractivity contribution in [2.75, 3.05) is 6.61 Å². The van der Waals surface area contributed by atoms with Crippen LogP contribution >= 0.6 is 0 Å². The number of ether oxygens (including phenoxy) is 1. The Morgan fingerprint density at radius 2 is 1.62 bits per heavy atom. The van der Waals surface area contributed by atoms with Crippen molar-refractivity contribution in [3.63, 3.8) is 0 Å². The second-order valence-electron chi connectivity index (χ2n) is 5.62. The smallest absolute Gasteiger partial charge is 0.440 e. The summed E-state index contributed by atoms with van der Waals surface area (Å²) >= 11 is 0. The zero-order valence-corrected chi connectivity index (χ0v) is 14.3. The molecule has 0 bridgehead atoms. The van der Waals surface area contributed by atoms with Crippen molar-refractivity contribution >= 4 is 12.1 Å². The van der Waals surface area contributed by atoms with Gasteiger partial charge < -0.3 is 14.7 Å². The molecule has 0 unspecified atom stereocenters. The molecule has 0 saturated heterocycles. The van der Waals surface area contributed by atoms with E-state index in [0.29, 0.717) is 6.61 Å². The number of nitrogens with one attached hydrogen (secondary N) is 1. The lowest BCUT2D eigenvalue weighted by atomic mass is 10.1. The second kappa shape index (κ2) is 12.2. The van der Waals surface area contributed by atoms with E-state index in [-0.39, 0.29) is 11.3 Å². The summed E-state index contributed by atoms with van der Waals surface area (Å²) in [4.78, 5) is 27.5. The predicted octanol–water partition coefficient (Wildman–Crippen LogP) is 4.55. The van der Waals surface area contributed by atoms with Crippen LogP contribution in [0, 0.1) is 0 Å². The van der Waals surface area contributed by atoms with Gasteiger partial charge in [0, 0.05) is 0 Å². The summed E-state index contributed by atoms with van der Waals surface area (Å²) in [6.07, 6.45) is 8.61. The standard InChI is InChI=1S/C18H27NO5/c1-2-3-4-5-6-7-8-11-14-23-18(22)19-24-16-13-10-9-12-15(16)17(20)21/h9-10,12-13H,2-8,11,14H2,1H3,(H,19,22)(H,20,21). The van der Waals surface area contributed by atoms with Crippen molar-refractivity contribution in [1.29, 1.82) is 0 Å². The number of carboxylic acid groups (broad SMARTS) is 1. The van der Waals surface area contributed by atoms with Gasteiger partial charge in [0.05, 0.1) is 6.61 Å². The van der Waals surface area contributed by atoms with Crippen molar-refractivity contribution in [2.24, 2.45) is 0 Å². The SMILES string of the molecule is CCCCCCCCCCOC(=O)NOc1ccccc1C(=O)O. The molecule has 1 aromatic rings. The number of hydroxylamine groups is 1. The highest BCUT2D eigenvalue weighted by molar-refractivity contribution is 5.90. The Kier molecular flexibility index (Phi) is 10.1. The van der Waals surface area contributed by atoms with Crippen LogP contribution < -0.4 is 10.3 Å². The number of unbranched alkanes of at least 4 members (excludes halogenated alkanes) is 7. The number of carboxylic acids is 1. The van der Waals surface area contributed by atoms with Crippen LogP contribution in [0.4, 0.5) is 4.79 Å². The van der Waals surface area contributed by atoms with E-state index in [1.54, 1.807) is 12.1 Å². The molecule has 1 rings (SSSR count). The second-order valence-corrected chi connectivity index (χ2v) is 5.62.